The average Bonchev–Trinajstić information content (AvgIpc) is 3.20. The zero-order chi connectivity index (χ0) is 18.7. The summed E-state index contributed by atoms with van der Waals surface area (Å²) >= 11 is 15.7. The predicted octanol–water partition coefficient (Wildman–Crippen LogP) is 3.63. The molecule has 2 aliphatic rings. The van der Waals surface area contributed by atoms with Gasteiger partial charge in [0.1, 0.15) is 6.17 Å². The summed E-state index contributed by atoms with van der Waals surface area (Å²) in [5.74, 6) is -1.79. The van der Waals surface area contributed by atoms with Gasteiger partial charge in [0, 0.05) is 33.7 Å². The van der Waals surface area contributed by atoms with E-state index in [1.165, 1.54) is 6.33 Å². The van der Waals surface area contributed by atoms with E-state index >= 15 is 0 Å². The Balaban J connectivity index is 1.79. The van der Waals surface area contributed by atoms with Gasteiger partial charge in [0.2, 0.25) is 0 Å². The van der Waals surface area contributed by atoms with E-state index in [1.807, 2.05) is 0 Å². The number of nitrogens with zero attached hydrogens (tertiary/aromatic N) is 3. The van der Waals surface area contributed by atoms with Crippen molar-refractivity contribution in [3.05, 3.63) is 49.4 Å². The van der Waals surface area contributed by atoms with Crippen LogP contribution in [0.5, 0.6) is 0 Å². The number of carbonyl (C=O) groups excluding carboxylic acids is 1. The van der Waals surface area contributed by atoms with Gasteiger partial charge in [-0.1, -0.05) is 23.2 Å². The van der Waals surface area contributed by atoms with E-state index in [9.17, 15) is 19.1 Å². The summed E-state index contributed by atoms with van der Waals surface area (Å²) in [6.07, 6.45) is 0.387. The van der Waals surface area contributed by atoms with Crippen LogP contribution >= 0.6 is 39.1 Å². The first kappa shape index (κ1) is 17.8. The number of hydrogen-bond acceptors (Lipinski definition) is 3. The lowest BCUT2D eigenvalue weighted by Gasteiger charge is -2.23. The highest BCUT2D eigenvalue weighted by Gasteiger charge is 2.43. The highest BCUT2D eigenvalue weighted by molar-refractivity contribution is 9.10. The summed E-state index contributed by atoms with van der Waals surface area (Å²) in [5.41, 5.74) is 1.31. The van der Waals surface area contributed by atoms with E-state index in [4.69, 9.17) is 23.2 Å². The second kappa shape index (κ2) is 6.21. The van der Waals surface area contributed by atoms with Crippen molar-refractivity contribution in [2.75, 3.05) is 0 Å². The van der Waals surface area contributed by atoms with Crippen LogP contribution in [0.25, 0.3) is 0 Å². The van der Waals surface area contributed by atoms with E-state index in [1.54, 1.807) is 10.6 Å². The molecule has 1 N–H and O–H groups in total. The average molecular weight is 463 g/mol. The van der Waals surface area contributed by atoms with E-state index in [2.05, 4.69) is 20.9 Å². The Morgan fingerprint density at radius 2 is 2.19 bits per heavy atom. The third-order valence-electron chi connectivity index (χ3n) is 4.67. The van der Waals surface area contributed by atoms with Crippen molar-refractivity contribution < 1.29 is 19.1 Å². The Morgan fingerprint density at radius 1 is 1.46 bits per heavy atom. The Morgan fingerprint density at radius 3 is 2.88 bits per heavy atom. The third-order valence-corrected chi connectivity index (χ3v) is 6.25. The smallest absolute Gasteiger partial charge is 0.332 e. The third kappa shape index (κ3) is 2.54. The van der Waals surface area contributed by atoms with Gasteiger partial charge in [0.15, 0.2) is 6.04 Å². The molecule has 0 spiro atoms. The van der Waals surface area contributed by atoms with E-state index < -0.39 is 24.1 Å². The summed E-state index contributed by atoms with van der Waals surface area (Å²) in [4.78, 5) is 30.2. The van der Waals surface area contributed by atoms with Crippen molar-refractivity contribution in [1.29, 1.82) is 0 Å². The van der Waals surface area contributed by atoms with Crippen LogP contribution in [0.1, 0.15) is 33.4 Å². The number of carboxylic acids is 1. The molecule has 2 aromatic rings. The molecule has 1 unspecified atom stereocenters. The van der Waals surface area contributed by atoms with Crippen LogP contribution in [0.4, 0.5) is 4.39 Å². The molecule has 0 saturated carbocycles. The van der Waals surface area contributed by atoms with Gasteiger partial charge < -0.3 is 14.6 Å². The van der Waals surface area contributed by atoms with Gasteiger partial charge in [0.25, 0.3) is 5.91 Å². The first-order valence-corrected chi connectivity index (χ1v) is 9.22. The van der Waals surface area contributed by atoms with Gasteiger partial charge in [0.05, 0.1) is 29.2 Å². The van der Waals surface area contributed by atoms with Gasteiger partial charge in [-0.2, -0.15) is 0 Å². The normalized spacial score (nSPS) is 19.6. The number of aromatic nitrogens is 2. The van der Waals surface area contributed by atoms with Crippen molar-refractivity contribution in [3.63, 3.8) is 0 Å². The number of imidazole rings is 1. The highest BCUT2D eigenvalue weighted by Crippen LogP contribution is 2.42. The number of amides is 1. The second-order valence-corrected chi connectivity index (χ2v) is 7.85. The van der Waals surface area contributed by atoms with Gasteiger partial charge in [-0.05, 0) is 22.0 Å². The lowest BCUT2D eigenvalue weighted by molar-refractivity contribution is -0.142. The van der Waals surface area contributed by atoms with E-state index in [0.29, 0.717) is 20.8 Å². The lowest BCUT2D eigenvalue weighted by atomic mass is 10.1. The lowest BCUT2D eigenvalue weighted by Crippen LogP contribution is -2.35. The topological polar surface area (TPSA) is 75.4 Å². The number of fused-ring (bicyclic) bond motifs is 2. The first-order chi connectivity index (χ1) is 12.3. The number of hydrogen-bond donors (Lipinski definition) is 1. The van der Waals surface area contributed by atoms with Gasteiger partial charge in [-0.15, -0.1) is 0 Å². The molecule has 0 aliphatic carbocycles. The predicted molar refractivity (Wildman–Crippen MR) is 95.2 cm³/mol. The van der Waals surface area contributed by atoms with Gasteiger partial charge in [-0.25, -0.2) is 14.2 Å². The highest BCUT2D eigenvalue weighted by atomic mass is 79.9. The largest absolute Gasteiger partial charge is 0.479 e. The van der Waals surface area contributed by atoms with E-state index in [-0.39, 0.29) is 35.8 Å². The van der Waals surface area contributed by atoms with Crippen molar-refractivity contribution in [3.8, 4) is 0 Å². The Bertz CT molecular complexity index is 965. The zero-order valence-electron chi connectivity index (χ0n) is 13.0. The molecule has 6 nitrogen and oxygen atoms in total. The summed E-state index contributed by atoms with van der Waals surface area (Å²) in [6, 6.07) is 0.222. The van der Waals surface area contributed by atoms with Crippen molar-refractivity contribution in [2.45, 2.75) is 31.7 Å². The van der Waals surface area contributed by atoms with Crippen LogP contribution in [0.2, 0.25) is 10.0 Å². The number of carboxylic acid groups (broad SMARTS) is 1. The molecule has 26 heavy (non-hydrogen) atoms. The van der Waals surface area contributed by atoms with E-state index in [0.717, 1.165) is 4.90 Å². The molecule has 2 aliphatic heterocycles. The number of carbonyl (C=O) groups is 2. The minimum absolute atomic E-state index is 0.0116. The molecule has 4 rings (SSSR count). The Hall–Kier alpha value is -1.64. The van der Waals surface area contributed by atoms with Crippen LogP contribution in [0.3, 0.4) is 0 Å². The standard InChI is InChI=1S/C16H11BrCl2FN3O3/c17-8-2-9(18)7-4-23(15(24)11(7)12(8)19)14(16(25)26)13-10-1-6(20)3-22(10)5-21-13/h2,5-6,14H,1,3-4H2,(H,25,26)/t6-,14?/m1/s1. The Kier molecular flexibility index (Phi) is 4.24. The zero-order valence-corrected chi connectivity index (χ0v) is 16.1. The van der Waals surface area contributed by atoms with Crippen LogP contribution in [-0.4, -0.2) is 37.6 Å². The summed E-state index contributed by atoms with van der Waals surface area (Å²) in [5, 5.41) is 10.3. The number of benzene rings is 1. The molecule has 0 saturated heterocycles. The molecule has 3 heterocycles. The fourth-order valence-electron chi connectivity index (χ4n) is 3.52. The molecular weight excluding hydrogens is 452 g/mol. The maximum absolute atomic E-state index is 13.7. The number of halogens is 4. The fraction of sp³-hybridized carbons (Fsp3) is 0.312. The van der Waals surface area contributed by atoms with Crippen LogP contribution in [0, 0.1) is 0 Å². The maximum Gasteiger partial charge on any atom is 0.332 e. The Labute approximate surface area is 165 Å². The molecule has 1 amide bonds. The second-order valence-electron chi connectivity index (χ2n) is 6.21. The molecule has 0 radical (unpaired) electrons. The van der Waals surface area contributed by atoms with Crippen molar-refractivity contribution in [2.24, 2.45) is 0 Å². The summed E-state index contributed by atoms with van der Waals surface area (Å²) in [6.45, 7) is 0.121. The number of alkyl halides is 1. The van der Waals surface area contributed by atoms with Crippen LogP contribution in [-0.2, 0) is 24.3 Å². The van der Waals surface area contributed by atoms with Gasteiger partial charge in [-0.3, -0.25) is 4.79 Å². The maximum atomic E-state index is 13.7. The summed E-state index contributed by atoms with van der Waals surface area (Å²) < 4.78 is 15.7. The quantitative estimate of drug-likeness (QED) is 0.706. The van der Waals surface area contributed by atoms with Crippen molar-refractivity contribution >= 4 is 51.0 Å². The van der Waals surface area contributed by atoms with Gasteiger partial charge >= 0.3 is 5.97 Å². The van der Waals surface area contributed by atoms with Crippen LogP contribution < -0.4 is 0 Å². The molecule has 10 heteroatoms. The molecule has 0 fully saturated rings. The first-order valence-electron chi connectivity index (χ1n) is 7.67. The molecule has 1 aromatic heterocycles. The van der Waals surface area contributed by atoms with Crippen molar-refractivity contribution in [1.82, 2.24) is 14.5 Å². The SMILES string of the molecule is O=C(O)C(c1ncn2c1C[C@@H](F)C2)N1Cc2c(Cl)cc(Br)c(Cl)c2C1=O. The molecule has 0 bridgehead atoms. The number of aliphatic carboxylic acids is 1. The van der Waals surface area contributed by atoms with Crippen LogP contribution in [0.15, 0.2) is 16.9 Å². The summed E-state index contributed by atoms with van der Waals surface area (Å²) in [7, 11) is 0. The number of rotatable bonds is 3. The monoisotopic (exact) mass is 461 g/mol. The molecule has 2 atom stereocenters. The minimum atomic E-state index is -1.35. The fourth-order valence-corrected chi connectivity index (χ4v) is 4.59. The molecule has 1 aromatic carbocycles. The molecule has 136 valence electrons. The minimum Gasteiger partial charge on any atom is -0.479 e. The molecular formula is C16H11BrCl2FN3O3.